The largest absolute Gasteiger partial charge is 0.333 e. The Balaban J connectivity index is 1.93. The maximum absolute atomic E-state index is 6.20. The highest BCUT2D eigenvalue weighted by Crippen LogP contribution is 2.33. The van der Waals surface area contributed by atoms with Gasteiger partial charge in [-0.15, -0.1) is 0 Å². The van der Waals surface area contributed by atoms with Crippen LogP contribution in [-0.2, 0) is 6.54 Å². The Hall–Kier alpha value is -0.830. The van der Waals surface area contributed by atoms with Crippen molar-refractivity contribution >= 4 is 0 Å². The molecule has 16 heavy (non-hydrogen) atoms. The molecule has 0 radical (unpaired) electrons. The monoisotopic (exact) mass is 221 g/mol. The number of imidazole rings is 1. The van der Waals surface area contributed by atoms with Crippen LogP contribution in [0.25, 0.3) is 0 Å². The van der Waals surface area contributed by atoms with Crippen molar-refractivity contribution in [1.82, 2.24) is 9.55 Å². The van der Waals surface area contributed by atoms with Gasteiger partial charge < -0.3 is 10.3 Å². The summed E-state index contributed by atoms with van der Waals surface area (Å²) in [5, 5.41) is 0. The predicted octanol–water partition coefficient (Wildman–Crippen LogP) is 2.73. The van der Waals surface area contributed by atoms with Gasteiger partial charge in [0.2, 0.25) is 0 Å². The minimum absolute atomic E-state index is 0.140. The van der Waals surface area contributed by atoms with Gasteiger partial charge in [0, 0.05) is 18.8 Å². The summed E-state index contributed by atoms with van der Waals surface area (Å²) in [6.45, 7) is 5.52. The van der Waals surface area contributed by atoms with Crippen molar-refractivity contribution in [2.45, 2.75) is 52.1 Å². The lowest BCUT2D eigenvalue weighted by molar-refractivity contribution is 0.475. The lowest BCUT2D eigenvalue weighted by atomic mass is 10.0. The molecule has 1 fully saturated rings. The van der Waals surface area contributed by atoms with Gasteiger partial charge in [0.25, 0.3) is 0 Å². The molecule has 1 aliphatic carbocycles. The summed E-state index contributed by atoms with van der Waals surface area (Å²) in [5.41, 5.74) is 7.41. The van der Waals surface area contributed by atoms with Crippen molar-refractivity contribution in [3.05, 3.63) is 18.2 Å². The fraction of sp³-hybridized carbons (Fsp3) is 0.769. The van der Waals surface area contributed by atoms with E-state index >= 15 is 0 Å². The number of hydrogen-bond donors (Lipinski definition) is 1. The van der Waals surface area contributed by atoms with E-state index in [2.05, 4.69) is 23.4 Å². The second-order valence-electron chi connectivity index (χ2n) is 5.48. The Labute approximate surface area is 98.1 Å². The summed E-state index contributed by atoms with van der Waals surface area (Å²) in [5.74, 6) is 1.61. The molecule has 2 N–H and O–H groups in total. The predicted molar refractivity (Wildman–Crippen MR) is 66.0 cm³/mol. The molecule has 1 heterocycles. The lowest BCUT2D eigenvalue weighted by Gasteiger charge is -2.16. The minimum atomic E-state index is 0.140. The molecule has 0 aliphatic heterocycles. The van der Waals surface area contributed by atoms with Crippen LogP contribution in [0.4, 0.5) is 0 Å². The number of aromatic nitrogens is 2. The van der Waals surface area contributed by atoms with Crippen molar-refractivity contribution in [2.75, 3.05) is 0 Å². The first-order valence-corrected chi connectivity index (χ1v) is 6.42. The Morgan fingerprint density at radius 1 is 1.50 bits per heavy atom. The Morgan fingerprint density at radius 3 is 2.88 bits per heavy atom. The maximum atomic E-state index is 6.20. The first kappa shape index (κ1) is 11.6. The lowest BCUT2D eigenvalue weighted by Crippen LogP contribution is -2.17. The highest BCUT2D eigenvalue weighted by Gasteiger charge is 2.21. The molecule has 0 saturated heterocycles. The van der Waals surface area contributed by atoms with Crippen LogP contribution in [0, 0.1) is 11.8 Å². The van der Waals surface area contributed by atoms with Crippen molar-refractivity contribution in [3.63, 3.8) is 0 Å². The Kier molecular flexibility index (Phi) is 3.64. The maximum Gasteiger partial charge on any atom is 0.0948 e. The van der Waals surface area contributed by atoms with E-state index in [4.69, 9.17) is 5.73 Å². The van der Waals surface area contributed by atoms with Gasteiger partial charge in [-0.1, -0.05) is 26.7 Å². The van der Waals surface area contributed by atoms with Gasteiger partial charge in [-0.05, 0) is 24.7 Å². The van der Waals surface area contributed by atoms with Crippen molar-refractivity contribution in [1.29, 1.82) is 0 Å². The highest BCUT2D eigenvalue weighted by atomic mass is 15.1. The summed E-state index contributed by atoms with van der Waals surface area (Å²) in [7, 11) is 0. The molecule has 1 atom stereocenters. The van der Waals surface area contributed by atoms with Crippen LogP contribution < -0.4 is 5.73 Å². The van der Waals surface area contributed by atoms with Crippen LogP contribution in [0.15, 0.2) is 12.5 Å². The number of aryl methyl sites for hydroxylation is 1. The summed E-state index contributed by atoms with van der Waals surface area (Å²) < 4.78 is 2.24. The molecule has 0 spiro atoms. The van der Waals surface area contributed by atoms with Gasteiger partial charge in [-0.3, -0.25) is 0 Å². The molecule has 0 amide bonds. The molecule has 1 aromatic rings. The van der Waals surface area contributed by atoms with E-state index in [0.29, 0.717) is 5.92 Å². The van der Waals surface area contributed by atoms with E-state index in [-0.39, 0.29) is 6.04 Å². The number of nitrogens with two attached hydrogens (primary N) is 1. The SMILES string of the molecule is CC(C)CC(N)c1cncn1CCC1CC1. The topological polar surface area (TPSA) is 43.8 Å². The summed E-state index contributed by atoms with van der Waals surface area (Å²) in [6, 6.07) is 0.140. The van der Waals surface area contributed by atoms with Crippen LogP contribution >= 0.6 is 0 Å². The zero-order valence-corrected chi connectivity index (χ0v) is 10.4. The zero-order chi connectivity index (χ0) is 11.5. The molecule has 2 rings (SSSR count). The molecule has 1 aromatic heterocycles. The summed E-state index contributed by atoms with van der Waals surface area (Å²) >= 11 is 0. The molecule has 90 valence electrons. The quantitative estimate of drug-likeness (QED) is 0.802. The van der Waals surface area contributed by atoms with E-state index in [1.54, 1.807) is 0 Å². The molecule has 0 bridgehead atoms. The third-order valence-corrected chi connectivity index (χ3v) is 3.32. The normalized spacial score (nSPS) is 18.0. The smallest absolute Gasteiger partial charge is 0.0948 e. The molecule has 3 nitrogen and oxygen atoms in total. The molecule has 3 heteroatoms. The molecular weight excluding hydrogens is 198 g/mol. The van der Waals surface area contributed by atoms with Crippen molar-refractivity contribution in [2.24, 2.45) is 17.6 Å². The zero-order valence-electron chi connectivity index (χ0n) is 10.4. The van der Waals surface area contributed by atoms with E-state index in [0.717, 1.165) is 18.9 Å². The molecule has 1 aliphatic rings. The number of nitrogens with zero attached hydrogens (tertiary/aromatic N) is 2. The minimum Gasteiger partial charge on any atom is -0.333 e. The van der Waals surface area contributed by atoms with Gasteiger partial charge >= 0.3 is 0 Å². The van der Waals surface area contributed by atoms with Crippen molar-refractivity contribution < 1.29 is 0 Å². The van der Waals surface area contributed by atoms with Gasteiger partial charge in [-0.25, -0.2) is 4.98 Å². The van der Waals surface area contributed by atoms with Crippen molar-refractivity contribution in [3.8, 4) is 0 Å². The number of hydrogen-bond acceptors (Lipinski definition) is 2. The Morgan fingerprint density at radius 2 is 2.25 bits per heavy atom. The van der Waals surface area contributed by atoms with Gasteiger partial charge in [0.1, 0.15) is 0 Å². The summed E-state index contributed by atoms with van der Waals surface area (Å²) in [4.78, 5) is 4.23. The van der Waals surface area contributed by atoms with Crippen LogP contribution in [0.5, 0.6) is 0 Å². The van der Waals surface area contributed by atoms with Gasteiger partial charge in [0.05, 0.1) is 12.0 Å². The molecule has 1 saturated carbocycles. The molecular formula is C13H23N3. The highest BCUT2D eigenvalue weighted by molar-refractivity contribution is 5.04. The first-order chi connectivity index (χ1) is 7.66. The fourth-order valence-electron chi connectivity index (χ4n) is 2.18. The number of rotatable bonds is 6. The van der Waals surface area contributed by atoms with E-state index in [9.17, 15) is 0 Å². The van der Waals surface area contributed by atoms with Gasteiger partial charge in [-0.2, -0.15) is 0 Å². The van der Waals surface area contributed by atoms with Crippen LogP contribution in [0.3, 0.4) is 0 Å². The average Bonchev–Trinajstić information content (AvgIpc) is 2.91. The first-order valence-electron chi connectivity index (χ1n) is 6.42. The Bertz CT molecular complexity index is 326. The van der Waals surface area contributed by atoms with Crippen LogP contribution in [0.1, 0.15) is 51.3 Å². The van der Waals surface area contributed by atoms with E-state index < -0.39 is 0 Å². The summed E-state index contributed by atoms with van der Waals surface area (Å²) in [6.07, 6.45) is 9.02. The van der Waals surface area contributed by atoms with Gasteiger partial charge in [0.15, 0.2) is 0 Å². The standard InChI is InChI=1S/C13H23N3/c1-10(2)7-12(14)13-8-15-9-16(13)6-5-11-3-4-11/h8-12H,3-7,14H2,1-2H3. The van der Waals surface area contributed by atoms with Crippen LogP contribution in [0.2, 0.25) is 0 Å². The molecule has 1 unspecified atom stereocenters. The van der Waals surface area contributed by atoms with E-state index in [1.807, 2.05) is 12.5 Å². The van der Waals surface area contributed by atoms with E-state index in [1.165, 1.54) is 25.0 Å². The third-order valence-electron chi connectivity index (χ3n) is 3.32. The molecule has 0 aromatic carbocycles. The third kappa shape index (κ3) is 3.08. The second-order valence-corrected chi connectivity index (χ2v) is 5.48. The van der Waals surface area contributed by atoms with Crippen LogP contribution in [-0.4, -0.2) is 9.55 Å². The fourth-order valence-corrected chi connectivity index (χ4v) is 2.18. The second kappa shape index (κ2) is 5.00. The average molecular weight is 221 g/mol.